The van der Waals surface area contributed by atoms with Gasteiger partial charge in [-0.05, 0) is 25.8 Å². The number of nitrogens with one attached hydrogen (secondary N) is 2. The van der Waals surface area contributed by atoms with Crippen LogP contribution in [0.5, 0.6) is 17.2 Å². The van der Waals surface area contributed by atoms with E-state index in [0.717, 1.165) is 61.3 Å². The molecule has 2 aliphatic rings. The first kappa shape index (κ1) is 25.1. The number of hydrogen-bond acceptors (Lipinski definition) is 10. The Hall–Kier alpha value is -4.04. The first-order valence-corrected chi connectivity index (χ1v) is 11.9. The lowest BCUT2D eigenvalue weighted by atomic mass is 10.1. The molecule has 3 aromatic rings. The first-order chi connectivity index (χ1) is 17.6. The lowest BCUT2D eigenvalue weighted by Crippen LogP contribution is -2.28. The predicted octanol–water partition coefficient (Wildman–Crippen LogP) is 3.21. The summed E-state index contributed by atoms with van der Waals surface area (Å²) in [6.07, 6.45) is 6.91. The average Bonchev–Trinajstić information content (AvgIpc) is 3.61. The zero-order chi connectivity index (χ0) is 25.5. The summed E-state index contributed by atoms with van der Waals surface area (Å²) in [5, 5.41) is 14.2. The summed E-state index contributed by atoms with van der Waals surface area (Å²) < 4.78 is 18.3. The van der Waals surface area contributed by atoms with Gasteiger partial charge >= 0.3 is 0 Å². The fourth-order valence-electron chi connectivity index (χ4n) is 4.37. The largest absolute Gasteiger partial charge is 0.493 e. The molecular formula is C25H32N8O3. The molecule has 1 saturated heterocycles. The van der Waals surface area contributed by atoms with Crippen LogP contribution in [-0.2, 0) is 13.0 Å². The van der Waals surface area contributed by atoms with Gasteiger partial charge in [0.05, 0.1) is 45.0 Å². The lowest BCUT2D eigenvalue weighted by Gasteiger charge is -2.23. The highest BCUT2D eigenvalue weighted by Crippen LogP contribution is 2.39. The zero-order valence-corrected chi connectivity index (χ0v) is 21.2. The zero-order valence-electron chi connectivity index (χ0n) is 21.2. The van der Waals surface area contributed by atoms with E-state index in [1.54, 1.807) is 33.7 Å². The second kappa shape index (κ2) is 11.6. The van der Waals surface area contributed by atoms with Crippen LogP contribution in [0, 0.1) is 11.3 Å². The van der Waals surface area contributed by atoms with Crippen LogP contribution in [0.3, 0.4) is 0 Å². The van der Waals surface area contributed by atoms with Crippen molar-refractivity contribution >= 4 is 17.6 Å². The van der Waals surface area contributed by atoms with Crippen LogP contribution >= 0.6 is 0 Å². The Labute approximate surface area is 211 Å². The van der Waals surface area contributed by atoms with Crippen molar-refractivity contribution in [1.82, 2.24) is 24.8 Å². The van der Waals surface area contributed by atoms with E-state index in [4.69, 9.17) is 29.4 Å². The van der Waals surface area contributed by atoms with Gasteiger partial charge in [-0.15, -0.1) is 0 Å². The minimum atomic E-state index is 0.554. The summed E-state index contributed by atoms with van der Waals surface area (Å²) in [5.41, 5.74) is 3.06. The molecule has 0 saturated carbocycles. The molecule has 190 valence electrons. The summed E-state index contributed by atoms with van der Waals surface area (Å²) >= 11 is 0. The molecule has 4 heterocycles. The topological polar surface area (TPSA) is 122 Å². The van der Waals surface area contributed by atoms with Crippen molar-refractivity contribution in [2.75, 3.05) is 51.2 Å². The number of fused-ring (bicyclic) bond motifs is 1. The van der Waals surface area contributed by atoms with E-state index in [0.29, 0.717) is 23.1 Å². The summed E-state index contributed by atoms with van der Waals surface area (Å²) in [4.78, 5) is 16.6. The number of aromatic nitrogens is 4. The monoisotopic (exact) mass is 492 g/mol. The Kier molecular flexibility index (Phi) is 8.07. The molecule has 0 atom stereocenters. The molecule has 2 N–H and O–H groups in total. The van der Waals surface area contributed by atoms with Crippen molar-refractivity contribution in [3.8, 4) is 29.0 Å². The van der Waals surface area contributed by atoms with Crippen molar-refractivity contribution in [2.45, 2.75) is 32.7 Å². The molecule has 0 aliphatic carbocycles. The van der Waals surface area contributed by atoms with Crippen LogP contribution in [0.15, 0.2) is 24.7 Å². The quantitative estimate of drug-likeness (QED) is 0.508. The number of imidazole rings is 1. The number of hydrogen-bond donors (Lipinski definition) is 2. The van der Waals surface area contributed by atoms with Gasteiger partial charge in [-0.2, -0.15) is 10.2 Å². The van der Waals surface area contributed by atoms with Gasteiger partial charge in [0.25, 0.3) is 0 Å². The van der Waals surface area contributed by atoms with Gasteiger partial charge in [0.1, 0.15) is 18.0 Å². The molecule has 11 heteroatoms. The Morgan fingerprint density at radius 2 is 1.75 bits per heavy atom. The highest BCUT2D eigenvalue weighted by atomic mass is 16.5. The Morgan fingerprint density at radius 1 is 1.06 bits per heavy atom. The molecular weight excluding hydrogens is 460 g/mol. The van der Waals surface area contributed by atoms with Gasteiger partial charge in [-0.25, -0.2) is 9.97 Å². The molecule has 0 unspecified atom stereocenters. The van der Waals surface area contributed by atoms with Crippen molar-refractivity contribution in [3.05, 3.63) is 35.9 Å². The number of ether oxygens (including phenoxy) is 3. The van der Waals surface area contributed by atoms with Crippen LogP contribution in [0.4, 0.5) is 17.6 Å². The fourth-order valence-corrected chi connectivity index (χ4v) is 4.37. The molecule has 5 rings (SSSR count). The Bertz CT molecular complexity index is 1210. The summed E-state index contributed by atoms with van der Waals surface area (Å²) in [6, 6.07) is 5.52. The maximum absolute atomic E-state index is 7.32. The summed E-state index contributed by atoms with van der Waals surface area (Å²) in [5.74, 6) is 4.05. The highest BCUT2D eigenvalue weighted by Gasteiger charge is 2.22. The maximum Gasteiger partial charge on any atom is 0.227 e. The van der Waals surface area contributed by atoms with E-state index in [-0.39, 0.29) is 0 Å². The minimum absolute atomic E-state index is 0.554. The Morgan fingerprint density at radius 3 is 2.39 bits per heavy atom. The fraction of sp³-hybridized carbons (Fsp3) is 0.440. The number of anilines is 3. The van der Waals surface area contributed by atoms with Crippen LogP contribution < -0.4 is 29.7 Å². The van der Waals surface area contributed by atoms with Crippen molar-refractivity contribution < 1.29 is 14.2 Å². The van der Waals surface area contributed by atoms with Gasteiger partial charge in [-0.3, -0.25) is 0 Å². The lowest BCUT2D eigenvalue weighted by molar-refractivity contribution is 0.324. The van der Waals surface area contributed by atoms with Crippen LogP contribution in [-0.4, -0.2) is 60.5 Å². The minimum Gasteiger partial charge on any atom is -0.493 e. The molecule has 0 bridgehead atoms. The smallest absolute Gasteiger partial charge is 0.227 e. The van der Waals surface area contributed by atoms with E-state index in [9.17, 15) is 0 Å². The van der Waals surface area contributed by atoms with Gasteiger partial charge in [0.15, 0.2) is 11.5 Å². The van der Waals surface area contributed by atoms with Crippen molar-refractivity contribution in [1.29, 1.82) is 5.26 Å². The van der Waals surface area contributed by atoms with Gasteiger partial charge < -0.3 is 34.3 Å². The van der Waals surface area contributed by atoms with E-state index < -0.39 is 0 Å². The van der Waals surface area contributed by atoms with E-state index in [2.05, 4.69) is 20.5 Å². The second-order valence-corrected chi connectivity index (χ2v) is 8.32. The number of benzene rings is 1. The molecule has 11 nitrogen and oxygen atoms in total. The summed E-state index contributed by atoms with van der Waals surface area (Å²) in [7, 11) is 4.80. The third kappa shape index (κ3) is 5.28. The van der Waals surface area contributed by atoms with E-state index in [1.807, 2.05) is 22.9 Å². The van der Waals surface area contributed by atoms with Crippen LogP contribution in [0.1, 0.15) is 31.0 Å². The molecule has 0 radical (unpaired) electrons. The van der Waals surface area contributed by atoms with Crippen molar-refractivity contribution in [2.24, 2.45) is 0 Å². The molecule has 0 spiro atoms. The number of nitrogens with zero attached hydrogens (tertiary/aromatic N) is 6. The third-order valence-corrected chi connectivity index (χ3v) is 6.09. The Balaban J connectivity index is 0.000000967. The normalized spacial score (nSPS) is 14.2. The molecule has 1 aromatic carbocycles. The molecule has 1 fully saturated rings. The van der Waals surface area contributed by atoms with Crippen LogP contribution in [0.2, 0.25) is 0 Å². The van der Waals surface area contributed by atoms with Gasteiger partial charge in [0, 0.05) is 44.3 Å². The molecule has 2 aromatic heterocycles. The SMILES string of the molecule is CC#N.COc1cc(-n2cnc(Nc3nc(N4CCCC4)nc4c3CCNC4)c2)cc(OC)c1OC. The highest BCUT2D eigenvalue weighted by molar-refractivity contribution is 5.62. The third-order valence-electron chi connectivity index (χ3n) is 6.09. The maximum atomic E-state index is 7.32. The summed E-state index contributed by atoms with van der Waals surface area (Å²) in [6.45, 7) is 5.10. The number of nitriles is 1. The van der Waals surface area contributed by atoms with Gasteiger partial charge in [-0.1, -0.05) is 0 Å². The second-order valence-electron chi connectivity index (χ2n) is 8.32. The molecule has 2 aliphatic heterocycles. The predicted molar refractivity (Wildman–Crippen MR) is 137 cm³/mol. The molecule has 36 heavy (non-hydrogen) atoms. The van der Waals surface area contributed by atoms with Crippen molar-refractivity contribution in [3.63, 3.8) is 0 Å². The first-order valence-electron chi connectivity index (χ1n) is 11.9. The number of methoxy groups -OCH3 is 3. The van der Waals surface area contributed by atoms with E-state index in [1.165, 1.54) is 19.8 Å². The molecule has 0 amide bonds. The standard InChI is InChI=1S/C23H29N7O3.C2H3N/c1-31-18-10-15(11-19(32-2)21(18)33-3)30-13-20(25-14-30)27-22-16-6-7-24-12-17(16)26-23(28-22)29-8-4-5-9-29;1-2-3/h10-11,13-14,24H,4-9,12H2,1-3H3,(H,26,27,28);1H3. The van der Waals surface area contributed by atoms with E-state index >= 15 is 0 Å². The average molecular weight is 493 g/mol. The number of rotatable bonds is 7. The van der Waals surface area contributed by atoms with Gasteiger partial charge in [0.2, 0.25) is 11.7 Å². The van der Waals surface area contributed by atoms with Crippen LogP contribution in [0.25, 0.3) is 5.69 Å².